The molecule has 0 saturated carbocycles. The van der Waals surface area contributed by atoms with Crippen LogP contribution in [0.4, 0.5) is 0 Å². The molecule has 0 saturated heterocycles. The molecule has 2 nitrogen and oxygen atoms in total. The summed E-state index contributed by atoms with van der Waals surface area (Å²) in [7, 11) is 0. The first-order chi connectivity index (χ1) is 9.10. The van der Waals surface area contributed by atoms with Crippen molar-refractivity contribution in [2.45, 2.75) is 39.8 Å². The van der Waals surface area contributed by atoms with Gasteiger partial charge < -0.3 is 10.4 Å². The number of aryl methyl sites for hydroxylation is 2. The van der Waals surface area contributed by atoms with Gasteiger partial charge in [0.25, 0.3) is 0 Å². The molecule has 0 spiro atoms. The first kappa shape index (κ1) is 14.1. The van der Waals surface area contributed by atoms with Crippen LogP contribution in [0.2, 0.25) is 0 Å². The van der Waals surface area contributed by atoms with Crippen molar-refractivity contribution >= 4 is 11.3 Å². The highest BCUT2D eigenvalue weighted by atomic mass is 32.1. The summed E-state index contributed by atoms with van der Waals surface area (Å²) < 4.78 is 0. The number of benzene rings is 1. The molecule has 2 aromatic rings. The van der Waals surface area contributed by atoms with E-state index in [-0.39, 0.29) is 6.04 Å². The predicted octanol–water partition coefficient (Wildman–Crippen LogP) is 4.18. The van der Waals surface area contributed by atoms with E-state index in [2.05, 4.69) is 31.3 Å². The summed E-state index contributed by atoms with van der Waals surface area (Å²) in [5.74, 6) is 0.367. The quantitative estimate of drug-likeness (QED) is 0.858. The number of rotatable bonds is 5. The van der Waals surface area contributed by atoms with Crippen molar-refractivity contribution in [3.63, 3.8) is 0 Å². The molecule has 0 amide bonds. The maximum Gasteiger partial charge on any atom is 0.120 e. The van der Waals surface area contributed by atoms with Gasteiger partial charge in [-0.3, -0.25) is 0 Å². The molecule has 1 aromatic carbocycles. The standard InChI is InChI=1S/C16H21NOS/c1-4-13-6-7-14(19-13)10-17-12(3)15-9-11(2)5-8-16(15)18/h5-9,12,17-18H,4,10H2,1-3H3. The molecule has 0 bridgehead atoms. The largest absolute Gasteiger partial charge is 0.508 e. The molecule has 0 aliphatic heterocycles. The second-order valence-corrected chi connectivity index (χ2v) is 6.14. The normalized spacial score (nSPS) is 12.6. The van der Waals surface area contributed by atoms with Gasteiger partial charge in [-0.2, -0.15) is 0 Å². The van der Waals surface area contributed by atoms with Gasteiger partial charge in [0.15, 0.2) is 0 Å². The molecule has 1 aromatic heterocycles. The number of phenolic OH excluding ortho intramolecular Hbond substituents is 1. The minimum absolute atomic E-state index is 0.145. The van der Waals surface area contributed by atoms with Gasteiger partial charge in [0.1, 0.15) is 5.75 Å². The van der Waals surface area contributed by atoms with E-state index < -0.39 is 0 Å². The SMILES string of the molecule is CCc1ccc(CNC(C)c2cc(C)ccc2O)s1. The van der Waals surface area contributed by atoms with E-state index in [4.69, 9.17) is 0 Å². The summed E-state index contributed by atoms with van der Waals surface area (Å²) in [6.45, 7) is 7.15. The monoisotopic (exact) mass is 275 g/mol. The molecule has 3 heteroatoms. The molecule has 102 valence electrons. The molecule has 1 unspecified atom stereocenters. The van der Waals surface area contributed by atoms with E-state index in [0.29, 0.717) is 5.75 Å². The Hall–Kier alpha value is -1.32. The van der Waals surface area contributed by atoms with Crippen LogP contribution in [0.1, 0.15) is 40.8 Å². The van der Waals surface area contributed by atoms with Crippen molar-refractivity contribution in [2.24, 2.45) is 0 Å². The summed E-state index contributed by atoms with van der Waals surface area (Å²) in [5.41, 5.74) is 2.14. The van der Waals surface area contributed by atoms with Crippen molar-refractivity contribution in [2.75, 3.05) is 0 Å². The zero-order valence-electron chi connectivity index (χ0n) is 11.7. The van der Waals surface area contributed by atoms with Crippen LogP contribution >= 0.6 is 11.3 Å². The van der Waals surface area contributed by atoms with Crippen LogP contribution in [0.15, 0.2) is 30.3 Å². The minimum Gasteiger partial charge on any atom is -0.508 e. The fraction of sp³-hybridized carbons (Fsp3) is 0.375. The molecule has 0 aliphatic carbocycles. The van der Waals surface area contributed by atoms with Gasteiger partial charge in [-0.15, -0.1) is 11.3 Å². The van der Waals surface area contributed by atoms with E-state index in [1.54, 1.807) is 6.07 Å². The van der Waals surface area contributed by atoms with Gasteiger partial charge in [-0.25, -0.2) is 0 Å². The lowest BCUT2D eigenvalue weighted by atomic mass is 10.0. The third-order valence-corrected chi connectivity index (χ3v) is 4.53. The maximum atomic E-state index is 9.91. The van der Waals surface area contributed by atoms with E-state index in [0.717, 1.165) is 18.5 Å². The van der Waals surface area contributed by atoms with Crippen molar-refractivity contribution in [3.8, 4) is 5.75 Å². The molecule has 1 atom stereocenters. The van der Waals surface area contributed by atoms with Gasteiger partial charge >= 0.3 is 0 Å². The molecule has 0 radical (unpaired) electrons. The summed E-state index contributed by atoms with van der Waals surface area (Å²) in [6.07, 6.45) is 1.10. The number of nitrogens with one attached hydrogen (secondary N) is 1. The highest BCUT2D eigenvalue weighted by Gasteiger charge is 2.10. The maximum absolute atomic E-state index is 9.91. The summed E-state index contributed by atoms with van der Waals surface area (Å²) in [4.78, 5) is 2.76. The molecule has 0 aliphatic rings. The lowest BCUT2D eigenvalue weighted by Gasteiger charge is -2.15. The van der Waals surface area contributed by atoms with E-state index >= 15 is 0 Å². The number of phenols is 1. The zero-order valence-corrected chi connectivity index (χ0v) is 12.6. The van der Waals surface area contributed by atoms with Crippen LogP contribution in [-0.4, -0.2) is 5.11 Å². The Morgan fingerprint density at radius 1 is 1.21 bits per heavy atom. The topological polar surface area (TPSA) is 32.3 Å². The lowest BCUT2D eigenvalue weighted by Crippen LogP contribution is -2.17. The predicted molar refractivity (Wildman–Crippen MR) is 81.8 cm³/mol. The van der Waals surface area contributed by atoms with Gasteiger partial charge in [-0.05, 0) is 38.5 Å². The number of hydrogen-bond acceptors (Lipinski definition) is 3. The molecular weight excluding hydrogens is 254 g/mol. The smallest absolute Gasteiger partial charge is 0.120 e. The number of hydrogen-bond donors (Lipinski definition) is 2. The van der Waals surface area contributed by atoms with Crippen molar-refractivity contribution in [3.05, 3.63) is 51.2 Å². The van der Waals surface area contributed by atoms with Crippen molar-refractivity contribution in [1.29, 1.82) is 0 Å². The Bertz CT molecular complexity index is 547. The fourth-order valence-electron chi connectivity index (χ4n) is 2.09. The minimum atomic E-state index is 0.145. The first-order valence-electron chi connectivity index (χ1n) is 6.70. The van der Waals surface area contributed by atoms with Crippen molar-refractivity contribution in [1.82, 2.24) is 5.32 Å². The summed E-state index contributed by atoms with van der Waals surface area (Å²) in [6, 6.07) is 10.3. The van der Waals surface area contributed by atoms with E-state index in [1.807, 2.05) is 30.4 Å². The molecule has 2 N–H and O–H groups in total. The lowest BCUT2D eigenvalue weighted by molar-refractivity contribution is 0.452. The average molecular weight is 275 g/mol. The number of aromatic hydroxyl groups is 1. The van der Waals surface area contributed by atoms with Crippen LogP contribution in [0, 0.1) is 6.92 Å². The zero-order chi connectivity index (χ0) is 13.8. The molecule has 0 fully saturated rings. The molecular formula is C16H21NOS. The third kappa shape index (κ3) is 3.58. The Kier molecular flexibility index (Phi) is 4.61. The summed E-state index contributed by atoms with van der Waals surface area (Å²) >= 11 is 1.85. The van der Waals surface area contributed by atoms with Crippen LogP contribution in [0.3, 0.4) is 0 Å². The Morgan fingerprint density at radius 2 is 1.95 bits per heavy atom. The Morgan fingerprint density at radius 3 is 2.63 bits per heavy atom. The van der Waals surface area contributed by atoms with E-state index in [1.165, 1.54) is 15.3 Å². The molecule has 2 rings (SSSR count). The van der Waals surface area contributed by atoms with Crippen molar-refractivity contribution < 1.29 is 5.11 Å². The third-order valence-electron chi connectivity index (χ3n) is 3.30. The summed E-state index contributed by atoms with van der Waals surface area (Å²) in [5, 5.41) is 13.4. The van der Waals surface area contributed by atoms with Crippen LogP contribution in [0.25, 0.3) is 0 Å². The van der Waals surface area contributed by atoms with E-state index in [9.17, 15) is 5.11 Å². The number of thiophene rings is 1. The van der Waals surface area contributed by atoms with Crippen LogP contribution in [0.5, 0.6) is 5.75 Å². The fourth-order valence-corrected chi connectivity index (χ4v) is 3.00. The average Bonchev–Trinajstić information content (AvgIpc) is 2.87. The first-order valence-corrected chi connectivity index (χ1v) is 7.52. The van der Waals surface area contributed by atoms with Gasteiger partial charge in [0, 0.05) is 27.9 Å². The van der Waals surface area contributed by atoms with Crippen LogP contribution < -0.4 is 5.32 Å². The Labute approximate surface area is 119 Å². The highest BCUT2D eigenvalue weighted by Crippen LogP contribution is 2.25. The molecule has 1 heterocycles. The second kappa shape index (κ2) is 6.22. The second-order valence-electron chi connectivity index (χ2n) is 4.89. The molecule has 19 heavy (non-hydrogen) atoms. The Balaban J connectivity index is 2.00. The highest BCUT2D eigenvalue weighted by molar-refractivity contribution is 7.11. The van der Waals surface area contributed by atoms with Gasteiger partial charge in [0.2, 0.25) is 0 Å². The van der Waals surface area contributed by atoms with Gasteiger partial charge in [0.05, 0.1) is 0 Å². The van der Waals surface area contributed by atoms with Crippen LogP contribution in [-0.2, 0) is 13.0 Å². The van der Waals surface area contributed by atoms with Gasteiger partial charge in [-0.1, -0.05) is 24.6 Å².